The van der Waals surface area contributed by atoms with Crippen LogP contribution in [0.15, 0.2) is 0 Å². The normalized spacial score (nSPS) is 20.2. The number of amides is 1. The Balaban J connectivity index is 2.49. The molecule has 1 fully saturated rings. The molecule has 0 aliphatic carbocycles. The zero-order chi connectivity index (χ0) is 9.73. The lowest BCUT2D eigenvalue weighted by Crippen LogP contribution is -2.39. The van der Waals surface area contributed by atoms with Crippen LogP contribution in [0.5, 0.6) is 0 Å². The largest absolute Gasteiger partial charge is 0.465 e. The molecule has 1 aliphatic heterocycles. The molecule has 0 atom stereocenters. The summed E-state index contributed by atoms with van der Waals surface area (Å²) in [4.78, 5) is 10.2. The molecule has 1 heterocycles. The molecular weight excluding hydrogens is 172 g/mol. The first-order chi connectivity index (χ1) is 6.18. The van der Waals surface area contributed by atoms with Crippen molar-refractivity contribution in [2.45, 2.75) is 12.8 Å². The lowest BCUT2D eigenvalue weighted by atomic mass is 9.82. The summed E-state index contributed by atoms with van der Waals surface area (Å²) in [5.41, 5.74) is -0.559. The van der Waals surface area contributed by atoms with E-state index >= 15 is 0 Å². The highest BCUT2D eigenvalue weighted by Crippen LogP contribution is 2.28. The molecule has 0 aromatic carbocycles. The van der Waals surface area contributed by atoms with Crippen molar-refractivity contribution in [3.05, 3.63) is 0 Å². The lowest BCUT2D eigenvalue weighted by molar-refractivity contribution is 0.0406. The molecule has 0 bridgehead atoms. The Kier molecular flexibility index (Phi) is 3.09. The molecule has 0 unspecified atom stereocenters. The minimum Gasteiger partial charge on any atom is -0.465 e. The van der Waals surface area contributed by atoms with Crippen molar-refractivity contribution in [2.75, 3.05) is 19.8 Å². The van der Waals surface area contributed by atoms with Crippen LogP contribution in [0.2, 0.25) is 0 Å². The third kappa shape index (κ3) is 2.60. The number of ether oxygens (including phenoxy) is 1. The standard InChI is InChI=1S/C8H12N2O3/c9-5-8(6-10-7(11)12)1-3-13-4-2-8/h10H,1-4,6H2,(H,11,12). The van der Waals surface area contributed by atoms with Crippen molar-refractivity contribution in [3.8, 4) is 6.07 Å². The number of nitrogens with one attached hydrogen (secondary N) is 1. The fourth-order valence-corrected chi connectivity index (χ4v) is 1.34. The zero-order valence-electron chi connectivity index (χ0n) is 7.25. The van der Waals surface area contributed by atoms with E-state index < -0.39 is 11.5 Å². The maximum absolute atomic E-state index is 10.2. The van der Waals surface area contributed by atoms with E-state index in [2.05, 4.69) is 11.4 Å². The van der Waals surface area contributed by atoms with Crippen molar-refractivity contribution in [3.63, 3.8) is 0 Å². The topological polar surface area (TPSA) is 82.4 Å². The predicted octanol–water partition coefficient (Wildman–Crippen LogP) is 0.574. The van der Waals surface area contributed by atoms with Crippen molar-refractivity contribution in [2.24, 2.45) is 5.41 Å². The summed E-state index contributed by atoms with van der Waals surface area (Å²) >= 11 is 0. The van der Waals surface area contributed by atoms with Gasteiger partial charge in [0.15, 0.2) is 0 Å². The molecule has 1 aliphatic rings. The Morgan fingerprint density at radius 2 is 2.23 bits per heavy atom. The number of hydrogen-bond donors (Lipinski definition) is 2. The quantitative estimate of drug-likeness (QED) is 0.657. The summed E-state index contributed by atoms with van der Waals surface area (Å²) < 4.78 is 5.11. The van der Waals surface area contributed by atoms with Gasteiger partial charge in [-0.05, 0) is 12.8 Å². The first-order valence-electron chi connectivity index (χ1n) is 4.14. The number of carbonyl (C=O) groups is 1. The second-order valence-corrected chi connectivity index (χ2v) is 3.16. The van der Waals surface area contributed by atoms with Gasteiger partial charge in [-0.3, -0.25) is 0 Å². The Labute approximate surface area is 76.3 Å². The molecular formula is C8H12N2O3. The highest BCUT2D eigenvalue weighted by atomic mass is 16.5. The van der Waals surface area contributed by atoms with Gasteiger partial charge in [0.25, 0.3) is 0 Å². The predicted molar refractivity (Wildman–Crippen MR) is 44.1 cm³/mol. The zero-order valence-corrected chi connectivity index (χ0v) is 7.25. The van der Waals surface area contributed by atoms with Gasteiger partial charge in [0.1, 0.15) is 0 Å². The van der Waals surface area contributed by atoms with Crippen LogP contribution in [0.3, 0.4) is 0 Å². The number of hydrogen-bond acceptors (Lipinski definition) is 3. The molecule has 0 aromatic heterocycles. The van der Waals surface area contributed by atoms with E-state index in [0.29, 0.717) is 26.1 Å². The van der Waals surface area contributed by atoms with Gasteiger partial charge in [-0.2, -0.15) is 5.26 Å². The molecule has 1 rings (SSSR count). The average Bonchev–Trinajstić information content (AvgIpc) is 2.16. The van der Waals surface area contributed by atoms with Crippen LogP contribution < -0.4 is 5.32 Å². The van der Waals surface area contributed by atoms with Gasteiger partial charge < -0.3 is 15.2 Å². The fraction of sp³-hybridized carbons (Fsp3) is 0.750. The first kappa shape index (κ1) is 9.81. The lowest BCUT2D eigenvalue weighted by Gasteiger charge is -2.30. The van der Waals surface area contributed by atoms with Crippen LogP contribution in [-0.4, -0.2) is 31.0 Å². The maximum Gasteiger partial charge on any atom is 0.404 e. The summed E-state index contributed by atoms with van der Waals surface area (Å²) in [5.74, 6) is 0. The summed E-state index contributed by atoms with van der Waals surface area (Å²) in [5, 5.41) is 19.6. The van der Waals surface area contributed by atoms with Gasteiger partial charge in [0.2, 0.25) is 0 Å². The van der Waals surface area contributed by atoms with Gasteiger partial charge in [0, 0.05) is 19.8 Å². The molecule has 0 radical (unpaired) electrons. The van der Waals surface area contributed by atoms with Gasteiger partial charge in [-0.1, -0.05) is 0 Å². The second kappa shape index (κ2) is 4.10. The van der Waals surface area contributed by atoms with Gasteiger partial charge in [0.05, 0.1) is 11.5 Å². The molecule has 0 aromatic rings. The van der Waals surface area contributed by atoms with E-state index in [9.17, 15) is 4.79 Å². The molecule has 2 N–H and O–H groups in total. The second-order valence-electron chi connectivity index (χ2n) is 3.16. The number of nitriles is 1. The van der Waals surface area contributed by atoms with Crippen LogP contribution in [0.4, 0.5) is 4.79 Å². The Morgan fingerprint density at radius 1 is 1.62 bits per heavy atom. The van der Waals surface area contributed by atoms with Gasteiger partial charge in [-0.25, -0.2) is 4.79 Å². The van der Waals surface area contributed by atoms with E-state index in [1.165, 1.54) is 0 Å². The molecule has 1 amide bonds. The van der Waals surface area contributed by atoms with E-state index in [0.717, 1.165) is 0 Å². The van der Waals surface area contributed by atoms with E-state index in [-0.39, 0.29) is 6.54 Å². The van der Waals surface area contributed by atoms with Crippen molar-refractivity contribution < 1.29 is 14.6 Å². The smallest absolute Gasteiger partial charge is 0.404 e. The van der Waals surface area contributed by atoms with Crippen LogP contribution in [-0.2, 0) is 4.74 Å². The van der Waals surface area contributed by atoms with Gasteiger partial charge in [-0.15, -0.1) is 0 Å². The molecule has 72 valence electrons. The van der Waals surface area contributed by atoms with E-state index in [4.69, 9.17) is 15.1 Å². The monoisotopic (exact) mass is 184 g/mol. The number of rotatable bonds is 2. The van der Waals surface area contributed by atoms with Gasteiger partial charge >= 0.3 is 6.09 Å². The van der Waals surface area contributed by atoms with Crippen LogP contribution in [0.1, 0.15) is 12.8 Å². The third-order valence-electron chi connectivity index (χ3n) is 2.27. The molecule has 1 saturated heterocycles. The average molecular weight is 184 g/mol. The SMILES string of the molecule is N#CC1(CNC(=O)O)CCOCC1. The van der Waals surface area contributed by atoms with Crippen molar-refractivity contribution in [1.82, 2.24) is 5.32 Å². The minimum absolute atomic E-state index is 0.197. The van der Waals surface area contributed by atoms with Crippen molar-refractivity contribution in [1.29, 1.82) is 5.26 Å². The summed E-state index contributed by atoms with van der Waals surface area (Å²) in [7, 11) is 0. The Hall–Kier alpha value is -1.28. The minimum atomic E-state index is -1.08. The highest BCUT2D eigenvalue weighted by molar-refractivity contribution is 5.64. The molecule has 0 saturated carbocycles. The number of nitrogens with zero attached hydrogens (tertiary/aromatic N) is 1. The van der Waals surface area contributed by atoms with E-state index in [1.807, 2.05) is 0 Å². The summed E-state index contributed by atoms with van der Waals surface area (Å²) in [6, 6.07) is 2.17. The van der Waals surface area contributed by atoms with Crippen LogP contribution in [0.25, 0.3) is 0 Å². The number of carboxylic acid groups (broad SMARTS) is 1. The molecule has 5 nitrogen and oxygen atoms in total. The highest BCUT2D eigenvalue weighted by Gasteiger charge is 2.32. The van der Waals surface area contributed by atoms with Crippen molar-refractivity contribution >= 4 is 6.09 Å². The Morgan fingerprint density at radius 3 is 2.69 bits per heavy atom. The maximum atomic E-state index is 10.2. The van der Waals surface area contributed by atoms with Crippen LogP contribution in [0, 0.1) is 16.7 Å². The van der Waals surface area contributed by atoms with E-state index in [1.54, 1.807) is 0 Å². The summed E-state index contributed by atoms with van der Waals surface area (Å²) in [6.07, 6.45) is 0.120. The third-order valence-corrected chi connectivity index (χ3v) is 2.27. The first-order valence-corrected chi connectivity index (χ1v) is 4.14. The molecule has 5 heteroatoms. The Bertz CT molecular complexity index is 228. The van der Waals surface area contributed by atoms with Crippen LogP contribution >= 0.6 is 0 Å². The summed E-state index contributed by atoms with van der Waals surface area (Å²) in [6.45, 7) is 1.27. The fourth-order valence-electron chi connectivity index (χ4n) is 1.34. The molecule has 13 heavy (non-hydrogen) atoms. The molecule has 0 spiro atoms.